The third kappa shape index (κ3) is 9.86. The van der Waals surface area contributed by atoms with Crippen molar-refractivity contribution in [3.05, 3.63) is 83.9 Å². The number of hydrogen-bond donors (Lipinski definition) is 3. The number of aliphatic hydroxyl groups excluding tert-OH is 2. The van der Waals surface area contributed by atoms with Crippen molar-refractivity contribution in [3.8, 4) is 0 Å². The monoisotopic (exact) mass is 607 g/mol. The van der Waals surface area contributed by atoms with Crippen LogP contribution in [0.15, 0.2) is 72.8 Å². The van der Waals surface area contributed by atoms with E-state index < -0.39 is 48.3 Å². The number of esters is 2. The molecule has 1 aliphatic rings. The van der Waals surface area contributed by atoms with Gasteiger partial charge >= 0.3 is 11.9 Å². The first-order valence-electron chi connectivity index (χ1n) is 15.6. The molecule has 238 valence electrons. The van der Waals surface area contributed by atoms with Crippen LogP contribution in [-0.4, -0.2) is 64.3 Å². The number of amides is 1. The van der Waals surface area contributed by atoms with Gasteiger partial charge in [0.05, 0.1) is 12.2 Å². The van der Waals surface area contributed by atoms with E-state index in [-0.39, 0.29) is 11.1 Å². The number of nitrogens with one attached hydrogen (secondary N) is 1. The topological polar surface area (TPSA) is 139 Å². The summed E-state index contributed by atoms with van der Waals surface area (Å²) in [5, 5.41) is 24.0. The average molecular weight is 608 g/mol. The van der Waals surface area contributed by atoms with E-state index in [4.69, 9.17) is 9.47 Å². The molecule has 1 fully saturated rings. The molecule has 0 aliphatic carbocycles. The highest BCUT2D eigenvalue weighted by atomic mass is 16.6. The predicted octanol–water partition coefficient (Wildman–Crippen LogP) is 5.10. The number of Topliss-reactive ketones (excluding diaryl/α,β-unsaturated/α-hetero) is 1. The molecule has 9 nitrogen and oxygen atoms in total. The van der Waals surface area contributed by atoms with E-state index >= 15 is 0 Å². The Kier molecular flexibility index (Phi) is 14.3. The van der Waals surface area contributed by atoms with Crippen molar-refractivity contribution in [2.24, 2.45) is 0 Å². The third-order valence-corrected chi connectivity index (χ3v) is 7.81. The van der Waals surface area contributed by atoms with Gasteiger partial charge in [0.15, 0.2) is 12.2 Å². The van der Waals surface area contributed by atoms with E-state index in [2.05, 4.69) is 12.2 Å². The van der Waals surface area contributed by atoms with Gasteiger partial charge < -0.3 is 25.0 Å². The first-order valence-corrected chi connectivity index (χ1v) is 15.6. The molecule has 3 N–H and O–H groups in total. The highest BCUT2D eigenvalue weighted by Gasteiger charge is 2.62. The van der Waals surface area contributed by atoms with Crippen LogP contribution in [0.1, 0.15) is 98.3 Å². The van der Waals surface area contributed by atoms with Crippen LogP contribution in [-0.2, 0) is 19.1 Å². The summed E-state index contributed by atoms with van der Waals surface area (Å²) in [6, 6.07) is 16.2. The lowest BCUT2D eigenvalue weighted by molar-refractivity contribution is -0.149. The second kappa shape index (κ2) is 18.1. The van der Waals surface area contributed by atoms with Gasteiger partial charge in [-0.25, -0.2) is 9.59 Å². The molecule has 2 aromatic rings. The number of hydrogen-bond acceptors (Lipinski definition) is 8. The number of benzene rings is 2. The number of allylic oxidation sites excluding steroid dienone is 1. The standard InChI is InChI=1S/C35H45NO8/c1-2-3-4-15-22-28(38)23-16-7-5-6-8-17-24-29(39)30-31(44-33(41)27-20-13-10-14-21-27)35(25-37,34(42)43-30)36-32(40)26-18-11-9-12-19-26/h9-14,17-21,24,29-31,37,39H,2-8,15-16,22-23,25H2,1H3,(H,36,40)/b24-17+/t29-,30+,31-,35-/m0/s1. The van der Waals surface area contributed by atoms with E-state index in [1.807, 2.05) is 0 Å². The van der Waals surface area contributed by atoms with Crippen molar-refractivity contribution < 1.29 is 38.9 Å². The number of aliphatic hydroxyl groups is 2. The van der Waals surface area contributed by atoms with E-state index in [1.165, 1.54) is 36.8 Å². The van der Waals surface area contributed by atoms with Crippen molar-refractivity contribution in [2.75, 3.05) is 6.61 Å². The normalized spacial score (nSPS) is 20.3. The molecule has 1 saturated heterocycles. The van der Waals surface area contributed by atoms with Crippen LogP contribution < -0.4 is 5.32 Å². The zero-order chi connectivity index (χ0) is 31.8. The van der Waals surface area contributed by atoms with Crippen LogP contribution in [0.2, 0.25) is 0 Å². The summed E-state index contributed by atoms with van der Waals surface area (Å²) in [6.07, 6.45) is 8.87. The maximum Gasteiger partial charge on any atom is 0.338 e. The minimum Gasteiger partial charge on any atom is -0.453 e. The molecule has 0 aromatic heterocycles. The molecule has 0 bridgehead atoms. The molecule has 44 heavy (non-hydrogen) atoms. The van der Waals surface area contributed by atoms with E-state index in [1.54, 1.807) is 42.5 Å². The van der Waals surface area contributed by atoms with Gasteiger partial charge in [-0.15, -0.1) is 0 Å². The molecule has 1 heterocycles. The molecule has 0 saturated carbocycles. The maximum absolute atomic E-state index is 13.2. The largest absolute Gasteiger partial charge is 0.453 e. The van der Waals surface area contributed by atoms with Crippen molar-refractivity contribution in [1.82, 2.24) is 5.32 Å². The lowest BCUT2D eigenvalue weighted by Crippen LogP contribution is -2.64. The van der Waals surface area contributed by atoms with Gasteiger partial charge in [-0.1, -0.05) is 87.6 Å². The average Bonchev–Trinajstić information content (AvgIpc) is 3.31. The number of unbranched alkanes of at least 4 members (excludes halogenated alkanes) is 7. The van der Waals surface area contributed by atoms with Gasteiger partial charge in [-0.05, 0) is 49.9 Å². The van der Waals surface area contributed by atoms with Crippen LogP contribution in [0.4, 0.5) is 0 Å². The Labute approximate surface area is 259 Å². The molecule has 2 aromatic carbocycles. The summed E-state index contributed by atoms with van der Waals surface area (Å²) >= 11 is 0. The van der Waals surface area contributed by atoms with Gasteiger partial charge in [0.25, 0.3) is 5.91 Å². The van der Waals surface area contributed by atoms with E-state index in [0.29, 0.717) is 25.0 Å². The maximum atomic E-state index is 13.2. The summed E-state index contributed by atoms with van der Waals surface area (Å²) in [5.74, 6) is -2.17. The van der Waals surface area contributed by atoms with Gasteiger partial charge in [0, 0.05) is 18.4 Å². The highest BCUT2D eigenvalue weighted by Crippen LogP contribution is 2.33. The zero-order valence-electron chi connectivity index (χ0n) is 25.5. The first kappa shape index (κ1) is 34.7. The molecule has 9 heteroatoms. The summed E-state index contributed by atoms with van der Waals surface area (Å²) in [5.41, 5.74) is -1.72. The number of cyclic esters (lactones) is 1. The molecule has 0 unspecified atom stereocenters. The molecule has 3 rings (SSSR count). The third-order valence-electron chi connectivity index (χ3n) is 7.81. The Hall–Kier alpha value is -3.82. The Morgan fingerprint density at radius 3 is 2.11 bits per heavy atom. The number of ether oxygens (including phenoxy) is 2. The van der Waals surface area contributed by atoms with Crippen molar-refractivity contribution in [3.63, 3.8) is 0 Å². The Balaban J connectivity index is 1.61. The number of carbonyl (C=O) groups is 4. The second-order valence-electron chi connectivity index (χ2n) is 11.2. The van der Waals surface area contributed by atoms with Gasteiger partial charge in [-0.3, -0.25) is 9.59 Å². The Bertz CT molecular complexity index is 1230. The van der Waals surface area contributed by atoms with Crippen LogP contribution >= 0.6 is 0 Å². The fourth-order valence-corrected chi connectivity index (χ4v) is 5.20. The fourth-order valence-electron chi connectivity index (χ4n) is 5.20. The van der Waals surface area contributed by atoms with Gasteiger partial charge in [0.1, 0.15) is 11.9 Å². The second-order valence-corrected chi connectivity index (χ2v) is 11.2. The fraction of sp³-hybridized carbons (Fsp3) is 0.486. The lowest BCUT2D eigenvalue weighted by atomic mass is 9.89. The predicted molar refractivity (Wildman–Crippen MR) is 166 cm³/mol. The van der Waals surface area contributed by atoms with Crippen LogP contribution in [0.3, 0.4) is 0 Å². The van der Waals surface area contributed by atoms with E-state index in [0.717, 1.165) is 44.9 Å². The summed E-state index contributed by atoms with van der Waals surface area (Å²) in [4.78, 5) is 51.3. The minimum absolute atomic E-state index is 0.190. The number of ketones is 1. The van der Waals surface area contributed by atoms with Crippen molar-refractivity contribution in [1.29, 1.82) is 0 Å². The number of carbonyl (C=O) groups excluding carboxylic acids is 4. The molecule has 1 amide bonds. The van der Waals surface area contributed by atoms with Crippen molar-refractivity contribution >= 4 is 23.6 Å². The smallest absolute Gasteiger partial charge is 0.338 e. The zero-order valence-corrected chi connectivity index (χ0v) is 25.5. The highest BCUT2D eigenvalue weighted by molar-refractivity contribution is 5.99. The lowest BCUT2D eigenvalue weighted by Gasteiger charge is -2.32. The van der Waals surface area contributed by atoms with Gasteiger partial charge in [0.2, 0.25) is 5.54 Å². The number of rotatable bonds is 19. The molecule has 1 aliphatic heterocycles. The van der Waals surface area contributed by atoms with Crippen molar-refractivity contribution in [2.45, 2.75) is 101 Å². The van der Waals surface area contributed by atoms with Crippen LogP contribution in [0.25, 0.3) is 0 Å². The molecular formula is C35H45NO8. The first-order chi connectivity index (χ1) is 21.3. The van der Waals surface area contributed by atoms with Crippen LogP contribution in [0.5, 0.6) is 0 Å². The Morgan fingerprint density at radius 2 is 1.50 bits per heavy atom. The molecule has 0 radical (unpaired) electrons. The summed E-state index contributed by atoms with van der Waals surface area (Å²) in [6.45, 7) is 1.23. The quantitative estimate of drug-likeness (QED) is 0.114. The van der Waals surface area contributed by atoms with Gasteiger partial charge in [-0.2, -0.15) is 0 Å². The Morgan fingerprint density at radius 1 is 0.909 bits per heavy atom. The summed E-state index contributed by atoms with van der Waals surface area (Å²) in [7, 11) is 0. The van der Waals surface area contributed by atoms with Crippen LogP contribution in [0, 0.1) is 0 Å². The SMILES string of the molecule is CCCCCCC(=O)CCCCCC/C=C/[C@H](O)[C@H]1OC(=O)[C@@](CO)(NC(=O)c2ccccc2)[C@H]1OC(=O)c1ccccc1. The molecule has 4 atom stereocenters. The molecule has 0 spiro atoms. The minimum atomic E-state index is -2.13. The summed E-state index contributed by atoms with van der Waals surface area (Å²) < 4.78 is 11.2. The molecular weight excluding hydrogens is 562 g/mol. The van der Waals surface area contributed by atoms with E-state index in [9.17, 15) is 29.4 Å².